The molecule has 0 N–H and O–H groups in total. The van der Waals surface area contributed by atoms with E-state index in [1.54, 1.807) is 0 Å². The Morgan fingerprint density at radius 3 is 1.98 bits per heavy atom. The number of rotatable bonds is 2. The summed E-state index contributed by atoms with van der Waals surface area (Å²) in [6.45, 7) is 0. The second-order valence-corrected chi connectivity index (χ2v) is 12.1. The Hall–Kier alpha value is -6.53. The highest BCUT2D eigenvalue weighted by Crippen LogP contribution is 2.43. The molecule has 0 amide bonds. The van der Waals surface area contributed by atoms with Gasteiger partial charge >= 0.3 is 0 Å². The van der Waals surface area contributed by atoms with Gasteiger partial charge in [0.2, 0.25) is 0 Å². The molecule has 0 saturated carbocycles. The maximum absolute atomic E-state index is 5.24. The van der Waals surface area contributed by atoms with Gasteiger partial charge < -0.3 is 9.13 Å². The van der Waals surface area contributed by atoms with Crippen LogP contribution in [0.5, 0.6) is 0 Å². The molecule has 0 aliphatic carbocycles. The summed E-state index contributed by atoms with van der Waals surface area (Å²) in [5.41, 5.74) is 11.6. The van der Waals surface area contributed by atoms with Crippen molar-refractivity contribution in [1.29, 1.82) is 0 Å². The van der Waals surface area contributed by atoms with Crippen LogP contribution in [0.25, 0.3) is 93.5 Å². The maximum Gasteiger partial charge on any atom is 0.148 e. The van der Waals surface area contributed by atoms with Crippen molar-refractivity contribution in [3.05, 3.63) is 146 Å². The normalized spacial score (nSPS) is 12.3. The monoisotopic (exact) mass is 600 g/mol. The number of para-hydroxylation sites is 3. The molecule has 0 saturated heterocycles. The molecule has 11 aromatic rings. The number of hydrogen-bond donors (Lipinski definition) is 0. The molecule has 47 heavy (non-hydrogen) atoms. The average Bonchev–Trinajstić information content (AvgIpc) is 3.79. The van der Waals surface area contributed by atoms with Gasteiger partial charge in [0.05, 0.1) is 50.2 Å². The predicted octanol–water partition coefficient (Wildman–Crippen LogP) is 9.78. The Labute approximate surface area is 267 Å². The van der Waals surface area contributed by atoms with Crippen molar-refractivity contribution in [1.82, 2.24) is 28.5 Å². The number of benzene rings is 5. The lowest BCUT2D eigenvalue weighted by Gasteiger charge is -2.12. The van der Waals surface area contributed by atoms with E-state index in [9.17, 15) is 0 Å². The largest absolute Gasteiger partial charge is 0.309 e. The second kappa shape index (κ2) is 9.02. The minimum absolute atomic E-state index is 0.860. The molecule has 0 unspecified atom stereocenters. The highest BCUT2D eigenvalue weighted by molar-refractivity contribution is 6.28. The average molecular weight is 601 g/mol. The van der Waals surface area contributed by atoms with Gasteiger partial charge in [-0.25, -0.2) is 4.98 Å². The molecule has 6 nitrogen and oxygen atoms in total. The van der Waals surface area contributed by atoms with Crippen LogP contribution in [-0.4, -0.2) is 28.5 Å². The van der Waals surface area contributed by atoms with Crippen LogP contribution in [0.2, 0.25) is 0 Å². The van der Waals surface area contributed by atoms with Gasteiger partial charge in [-0.05, 0) is 60.7 Å². The third-order valence-electron chi connectivity index (χ3n) is 9.71. The highest BCUT2D eigenvalue weighted by Gasteiger charge is 2.23. The predicted molar refractivity (Wildman–Crippen MR) is 192 cm³/mol. The first kappa shape index (κ1) is 24.8. The van der Waals surface area contributed by atoms with Crippen LogP contribution >= 0.6 is 0 Å². The fourth-order valence-corrected chi connectivity index (χ4v) is 7.82. The van der Waals surface area contributed by atoms with E-state index in [2.05, 4.69) is 134 Å². The van der Waals surface area contributed by atoms with Gasteiger partial charge in [-0.1, -0.05) is 66.7 Å². The van der Waals surface area contributed by atoms with Crippen LogP contribution in [0.3, 0.4) is 0 Å². The van der Waals surface area contributed by atoms with Crippen LogP contribution in [-0.2, 0) is 0 Å². The van der Waals surface area contributed by atoms with E-state index in [-0.39, 0.29) is 0 Å². The van der Waals surface area contributed by atoms with Gasteiger partial charge in [0.15, 0.2) is 0 Å². The van der Waals surface area contributed by atoms with E-state index in [1.807, 2.05) is 30.7 Å². The molecule has 0 aliphatic heterocycles. The Morgan fingerprint density at radius 2 is 1.15 bits per heavy atom. The maximum atomic E-state index is 5.24. The molecule has 0 aliphatic rings. The van der Waals surface area contributed by atoms with Crippen molar-refractivity contribution in [2.24, 2.45) is 0 Å². The van der Waals surface area contributed by atoms with Crippen molar-refractivity contribution in [3.8, 4) is 11.4 Å². The number of pyridine rings is 3. The minimum Gasteiger partial charge on any atom is -0.309 e. The standard InChI is InChI=1S/C41H24N6/c1-3-10-25(11-4-1)45-33-15-8-7-14-27(33)30-22-37-31(23-36(30)45)28-17-18-29-38(40(28)46(37)26-12-5-2-6-13-26)41-44-32-24-42-21-19-34(32)47(41)35-16-9-20-43-39(29)35/h1-24H. The minimum atomic E-state index is 0.860. The molecule has 6 aromatic heterocycles. The molecule has 0 radical (unpaired) electrons. The molecule has 0 bridgehead atoms. The van der Waals surface area contributed by atoms with Gasteiger partial charge in [0.1, 0.15) is 11.2 Å². The third-order valence-corrected chi connectivity index (χ3v) is 9.71. The van der Waals surface area contributed by atoms with Gasteiger partial charge in [0, 0.05) is 50.7 Å². The molecular formula is C41H24N6. The van der Waals surface area contributed by atoms with Gasteiger partial charge in [0.25, 0.3) is 0 Å². The fraction of sp³-hybridized carbons (Fsp3) is 0. The lowest BCUT2D eigenvalue weighted by molar-refractivity contribution is 1.18. The number of fused-ring (bicyclic) bond motifs is 15. The summed E-state index contributed by atoms with van der Waals surface area (Å²) in [6.07, 6.45) is 5.57. The molecule has 5 aromatic carbocycles. The summed E-state index contributed by atoms with van der Waals surface area (Å²) in [5, 5.41) is 6.96. The summed E-state index contributed by atoms with van der Waals surface area (Å²) >= 11 is 0. The molecular weight excluding hydrogens is 576 g/mol. The Morgan fingerprint density at radius 1 is 0.468 bits per heavy atom. The zero-order chi connectivity index (χ0) is 30.6. The van der Waals surface area contributed by atoms with Crippen LogP contribution in [0.4, 0.5) is 0 Å². The Balaban J connectivity index is 1.42. The summed E-state index contributed by atoms with van der Waals surface area (Å²) in [4.78, 5) is 14.6. The number of nitrogens with zero attached hydrogens (tertiary/aromatic N) is 6. The van der Waals surface area contributed by atoms with E-state index >= 15 is 0 Å². The molecule has 0 atom stereocenters. The van der Waals surface area contributed by atoms with Gasteiger partial charge in [-0.15, -0.1) is 0 Å². The summed E-state index contributed by atoms with van der Waals surface area (Å²) in [5.74, 6) is 0. The quantitative estimate of drug-likeness (QED) is 0.186. The molecule has 0 fully saturated rings. The van der Waals surface area contributed by atoms with Crippen molar-refractivity contribution in [2.75, 3.05) is 0 Å². The van der Waals surface area contributed by atoms with Gasteiger partial charge in [-0.2, -0.15) is 0 Å². The molecule has 6 heteroatoms. The molecule has 218 valence electrons. The second-order valence-electron chi connectivity index (χ2n) is 12.1. The van der Waals surface area contributed by atoms with E-state index in [0.29, 0.717) is 0 Å². The molecule has 6 heterocycles. The van der Waals surface area contributed by atoms with E-state index in [0.717, 1.165) is 60.9 Å². The van der Waals surface area contributed by atoms with E-state index in [4.69, 9.17) is 9.97 Å². The van der Waals surface area contributed by atoms with Gasteiger partial charge in [-0.3, -0.25) is 14.4 Å². The topological polar surface area (TPSA) is 52.9 Å². The summed E-state index contributed by atoms with van der Waals surface area (Å²) in [6, 6.07) is 45.5. The molecule has 0 spiro atoms. The zero-order valence-corrected chi connectivity index (χ0v) is 25.0. The third kappa shape index (κ3) is 3.21. The Kier molecular flexibility index (Phi) is 4.75. The van der Waals surface area contributed by atoms with E-state index < -0.39 is 0 Å². The first-order valence-electron chi connectivity index (χ1n) is 15.8. The van der Waals surface area contributed by atoms with Crippen molar-refractivity contribution < 1.29 is 0 Å². The summed E-state index contributed by atoms with van der Waals surface area (Å²) < 4.78 is 7.07. The Bertz CT molecular complexity index is 3060. The molecule has 11 rings (SSSR count). The summed E-state index contributed by atoms with van der Waals surface area (Å²) in [7, 11) is 0. The van der Waals surface area contributed by atoms with E-state index in [1.165, 1.54) is 32.6 Å². The van der Waals surface area contributed by atoms with Crippen LogP contribution in [0.15, 0.2) is 146 Å². The number of aromatic nitrogens is 6. The fourth-order valence-electron chi connectivity index (χ4n) is 7.82. The lowest BCUT2D eigenvalue weighted by atomic mass is 10.0. The van der Waals surface area contributed by atoms with Crippen LogP contribution < -0.4 is 0 Å². The SMILES string of the molecule is c1ccc(-n2c3ccccc3c3cc4c(cc32)c2ccc3c5ncccc5n5c6ccncc6nc5c3c2n4-c2ccccc2)cc1. The highest BCUT2D eigenvalue weighted by atomic mass is 15.0. The zero-order valence-electron chi connectivity index (χ0n) is 25.0. The smallest absolute Gasteiger partial charge is 0.148 e. The van der Waals surface area contributed by atoms with Crippen LogP contribution in [0.1, 0.15) is 0 Å². The van der Waals surface area contributed by atoms with Crippen LogP contribution in [0, 0.1) is 0 Å². The number of hydrogen-bond acceptors (Lipinski definition) is 3. The first-order valence-corrected chi connectivity index (χ1v) is 15.8. The van der Waals surface area contributed by atoms with Crippen molar-refractivity contribution in [2.45, 2.75) is 0 Å². The first-order chi connectivity index (χ1) is 23.3. The van der Waals surface area contributed by atoms with Crippen molar-refractivity contribution in [3.63, 3.8) is 0 Å². The van der Waals surface area contributed by atoms with Crippen molar-refractivity contribution >= 4 is 82.1 Å². The lowest BCUT2D eigenvalue weighted by Crippen LogP contribution is -1.97. The number of imidazole rings is 1.